The van der Waals surface area contributed by atoms with Crippen molar-refractivity contribution >= 4 is 27.6 Å². The zero-order valence-electron chi connectivity index (χ0n) is 15.4. The number of hydrogen-bond acceptors (Lipinski definition) is 3. The van der Waals surface area contributed by atoms with Gasteiger partial charge in [-0.25, -0.2) is 4.79 Å². The molecule has 0 fully saturated rings. The molecule has 1 aromatic heterocycles. The quantitative estimate of drug-likeness (QED) is 0.371. The summed E-state index contributed by atoms with van der Waals surface area (Å²) in [5.41, 5.74) is 2.36. The maximum absolute atomic E-state index is 12.4. The number of unbranched alkanes of at least 4 members (excludes halogenated alkanes) is 3. The predicted molar refractivity (Wildman–Crippen MR) is 106 cm³/mol. The molecule has 0 unspecified atom stereocenters. The lowest BCUT2D eigenvalue weighted by Crippen LogP contribution is -2.08. The second-order valence-corrected chi connectivity index (χ2v) is 6.63. The van der Waals surface area contributed by atoms with Gasteiger partial charge in [0, 0.05) is 16.3 Å². The van der Waals surface area contributed by atoms with Gasteiger partial charge in [-0.2, -0.15) is 0 Å². The number of nitrogens with one attached hydrogen (secondary N) is 1. The second kappa shape index (κ2) is 8.17. The van der Waals surface area contributed by atoms with Crippen molar-refractivity contribution in [2.45, 2.75) is 46.0 Å². The van der Waals surface area contributed by atoms with E-state index in [1.807, 2.05) is 18.2 Å². The van der Waals surface area contributed by atoms with Crippen molar-refractivity contribution < 1.29 is 9.53 Å². The molecule has 0 bridgehead atoms. The Morgan fingerprint density at radius 1 is 0.962 bits per heavy atom. The van der Waals surface area contributed by atoms with E-state index in [1.165, 1.54) is 24.8 Å². The minimum atomic E-state index is -0.343. The summed E-state index contributed by atoms with van der Waals surface area (Å²) in [6.45, 7) is 4.33. The number of rotatable bonds is 7. The molecule has 0 atom stereocenters. The molecule has 4 nitrogen and oxygen atoms in total. The van der Waals surface area contributed by atoms with Gasteiger partial charge in [0.25, 0.3) is 5.56 Å². The average molecular weight is 351 g/mol. The van der Waals surface area contributed by atoms with Gasteiger partial charge in [-0.15, -0.1) is 0 Å². The Morgan fingerprint density at radius 2 is 1.81 bits per heavy atom. The predicted octanol–water partition coefficient (Wildman–Crippen LogP) is 4.98. The minimum Gasteiger partial charge on any atom is -0.462 e. The van der Waals surface area contributed by atoms with Gasteiger partial charge in [0.05, 0.1) is 12.2 Å². The Hall–Kier alpha value is -2.62. The fraction of sp³-hybridized carbons (Fsp3) is 0.364. The molecule has 0 saturated heterocycles. The molecule has 0 aliphatic heterocycles. The highest BCUT2D eigenvalue weighted by molar-refractivity contribution is 6.07. The van der Waals surface area contributed by atoms with E-state index in [9.17, 15) is 9.59 Å². The Morgan fingerprint density at radius 3 is 2.58 bits per heavy atom. The number of pyridine rings is 1. The molecule has 0 amide bonds. The van der Waals surface area contributed by atoms with Crippen molar-refractivity contribution in [2.24, 2.45) is 0 Å². The van der Waals surface area contributed by atoms with Gasteiger partial charge in [0.15, 0.2) is 0 Å². The topological polar surface area (TPSA) is 59.2 Å². The van der Waals surface area contributed by atoms with E-state index >= 15 is 0 Å². The van der Waals surface area contributed by atoms with Gasteiger partial charge < -0.3 is 9.72 Å². The van der Waals surface area contributed by atoms with E-state index in [0.717, 1.165) is 29.1 Å². The number of esters is 1. The molecule has 4 heteroatoms. The Labute approximate surface area is 153 Å². The van der Waals surface area contributed by atoms with E-state index in [2.05, 4.69) is 18.0 Å². The number of carbonyl (C=O) groups is 1. The van der Waals surface area contributed by atoms with Gasteiger partial charge in [-0.05, 0) is 55.0 Å². The van der Waals surface area contributed by atoms with Crippen molar-refractivity contribution in [1.29, 1.82) is 0 Å². The normalized spacial score (nSPS) is 11.2. The van der Waals surface area contributed by atoms with Crippen LogP contribution in [0.5, 0.6) is 0 Å². The molecule has 1 N–H and O–H groups in total. The fourth-order valence-corrected chi connectivity index (χ4v) is 3.33. The fourth-order valence-electron chi connectivity index (χ4n) is 3.33. The van der Waals surface area contributed by atoms with E-state index < -0.39 is 0 Å². The lowest BCUT2D eigenvalue weighted by Gasteiger charge is -2.08. The highest BCUT2D eigenvalue weighted by atomic mass is 16.5. The highest BCUT2D eigenvalue weighted by Crippen LogP contribution is 2.24. The summed E-state index contributed by atoms with van der Waals surface area (Å²) in [4.78, 5) is 27.3. The first kappa shape index (κ1) is 18.2. The summed E-state index contributed by atoms with van der Waals surface area (Å²) in [7, 11) is 0. The first-order valence-electron chi connectivity index (χ1n) is 9.39. The largest absolute Gasteiger partial charge is 0.462 e. The van der Waals surface area contributed by atoms with Crippen LogP contribution in [0.25, 0.3) is 21.7 Å². The highest BCUT2D eigenvalue weighted by Gasteiger charge is 2.11. The van der Waals surface area contributed by atoms with Crippen LogP contribution in [-0.2, 0) is 11.2 Å². The smallest absolute Gasteiger partial charge is 0.338 e. The lowest BCUT2D eigenvalue weighted by molar-refractivity contribution is 0.0526. The maximum Gasteiger partial charge on any atom is 0.338 e. The number of aromatic nitrogens is 1. The molecule has 0 aliphatic rings. The zero-order valence-corrected chi connectivity index (χ0v) is 15.4. The monoisotopic (exact) mass is 351 g/mol. The number of fused-ring (bicyclic) bond motifs is 3. The third kappa shape index (κ3) is 3.79. The molecule has 26 heavy (non-hydrogen) atoms. The Kier molecular flexibility index (Phi) is 5.71. The Bertz CT molecular complexity index is 988. The van der Waals surface area contributed by atoms with Gasteiger partial charge in [0.2, 0.25) is 0 Å². The average Bonchev–Trinajstić information content (AvgIpc) is 2.65. The van der Waals surface area contributed by atoms with E-state index in [-0.39, 0.29) is 11.5 Å². The molecule has 136 valence electrons. The van der Waals surface area contributed by atoms with E-state index in [1.54, 1.807) is 19.1 Å². The van der Waals surface area contributed by atoms with Crippen LogP contribution in [0.1, 0.15) is 55.5 Å². The van der Waals surface area contributed by atoms with Crippen molar-refractivity contribution in [3.8, 4) is 0 Å². The number of ether oxygens (including phenoxy) is 1. The van der Waals surface area contributed by atoms with Crippen molar-refractivity contribution in [1.82, 2.24) is 4.98 Å². The van der Waals surface area contributed by atoms with Crippen LogP contribution >= 0.6 is 0 Å². The van der Waals surface area contributed by atoms with Crippen LogP contribution in [0.3, 0.4) is 0 Å². The first-order valence-corrected chi connectivity index (χ1v) is 9.39. The SMILES string of the molecule is CCCCCCc1ccc2c(=O)[nH]c3ccc(C(=O)OCC)cc3c2c1. The number of aromatic amines is 1. The molecule has 0 aliphatic carbocycles. The van der Waals surface area contributed by atoms with Crippen LogP contribution in [0, 0.1) is 0 Å². The summed E-state index contributed by atoms with van der Waals surface area (Å²) in [6.07, 6.45) is 5.83. The standard InChI is InChI=1S/C22H25NO3/c1-3-5-6-7-8-15-9-11-17-18(13-15)19-14-16(22(25)26-4-2)10-12-20(19)23-21(17)24/h9-14H,3-8H2,1-2H3,(H,23,24). The van der Waals surface area contributed by atoms with Gasteiger partial charge in [0.1, 0.15) is 0 Å². The summed E-state index contributed by atoms with van der Waals surface area (Å²) in [5.74, 6) is -0.343. The number of benzene rings is 2. The van der Waals surface area contributed by atoms with Crippen LogP contribution < -0.4 is 5.56 Å². The third-order valence-corrected chi connectivity index (χ3v) is 4.72. The molecule has 3 rings (SSSR count). The first-order chi connectivity index (χ1) is 12.6. The summed E-state index contributed by atoms with van der Waals surface area (Å²) in [5, 5.41) is 2.42. The lowest BCUT2D eigenvalue weighted by atomic mass is 9.99. The second-order valence-electron chi connectivity index (χ2n) is 6.63. The van der Waals surface area contributed by atoms with Gasteiger partial charge in [-0.3, -0.25) is 4.79 Å². The summed E-state index contributed by atoms with van der Waals surface area (Å²) in [6, 6.07) is 11.3. The Balaban J connectivity index is 2.06. The number of aryl methyl sites for hydroxylation is 1. The molecular weight excluding hydrogens is 326 g/mol. The van der Waals surface area contributed by atoms with E-state index in [0.29, 0.717) is 17.6 Å². The van der Waals surface area contributed by atoms with Crippen LogP contribution in [-0.4, -0.2) is 17.6 Å². The van der Waals surface area contributed by atoms with E-state index in [4.69, 9.17) is 4.74 Å². The molecule has 1 heterocycles. The molecule has 0 radical (unpaired) electrons. The maximum atomic E-state index is 12.4. The molecule has 2 aromatic carbocycles. The number of H-pyrrole nitrogens is 1. The molecular formula is C22H25NO3. The van der Waals surface area contributed by atoms with Crippen molar-refractivity contribution in [3.63, 3.8) is 0 Å². The number of hydrogen-bond donors (Lipinski definition) is 1. The summed E-state index contributed by atoms with van der Waals surface area (Å²) >= 11 is 0. The summed E-state index contributed by atoms with van der Waals surface area (Å²) < 4.78 is 5.10. The van der Waals surface area contributed by atoms with Crippen LogP contribution in [0.4, 0.5) is 0 Å². The third-order valence-electron chi connectivity index (χ3n) is 4.72. The molecule has 0 spiro atoms. The van der Waals surface area contributed by atoms with Crippen LogP contribution in [0.15, 0.2) is 41.2 Å². The van der Waals surface area contributed by atoms with Gasteiger partial charge in [-0.1, -0.05) is 38.3 Å². The molecule has 0 saturated carbocycles. The minimum absolute atomic E-state index is 0.103. The number of carbonyl (C=O) groups excluding carboxylic acids is 1. The molecule has 3 aromatic rings. The van der Waals surface area contributed by atoms with Crippen LogP contribution in [0.2, 0.25) is 0 Å². The zero-order chi connectivity index (χ0) is 18.5. The van der Waals surface area contributed by atoms with Gasteiger partial charge >= 0.3 is 5.97 Å². The van der Waals surface area contributed by atoms with Crippen molar-refractivity contribution in [2.75, 3.05) is 6.61 Å². The van der Waals surface area contributed by atoms with Crippen molar-refractivity contribution in [3.05, 3.63) is 57.9 Å².